The molecule has 0 saturated heterocycles. The van der Waals surface area contributed by atoms with Crippen molar-refractivity contribution in [3.8, 4) is 22.4 Å². The van der Waals surface area contributed by atoms with Crippen molar-refractivity contribution < 1.29 is 4.42 Å². The molecule has 0 aliphatic carbocycles. The first-order valence-corrected chi connectivity index (χ1v) is 13.1. The van der Waals surface area contributed by atoms with Crippen molar-refractivity contribution in [1.82, 2.24) is 4.98 Å². The van der Waals surface area contributed by atoms with Gasteiger partial charge in [0.05, 0.1) is 5.69 Å². The number of hydrogen-bond donors (Lipinski definition) is 0. The van der Waals surface area contributed by atoms with Crippen LogP contribution in [0.2, 0.25) is 13.1 Å². The number of para-hydroxylation sites is 1. The number of aryl methyl sites for hydroxylation is 1. The first-order valence-electron chi connectivity index (χ1n) is 10.1. The van der Waals surface area contributed by atoms with E-state index in [0.717, 1.165) is 22.4 Å². The monoisotopic (exact) mass is 391 g/mol. The quantitative estimate of drug-likeness (QED) is 0.340. The highest BCUT2D eigenvalue weighted by molar-refractivity contribution is 7.04. The van der Waals surface area contributed by atoms with Crippen molar-refractivity contribution in [1.29, 1.82) is 0 Å². The Kier molecular flexibility index (Phi) is 3.28. The van der Waals surface area contributed by atoms with E-state index in [9.17, 15) is 0 Å². The molecule has 0 saturated carbocycles. The number of benzene rings is 3. The molecule has 0 atom stereocenters. The zero-order chi connectivity index (χ0) is 19.8. The Morgan fingerprint density at radius 1 is 0.759 bits per heavy atom. The summed E-state index contributed by atoms with van der Waals surface area (Å²) in [4.78, 5) is 4.59. The Labute approximate surface area is 170 Å². The van der Waals surface area contributed by atoms with E-state index in [0.29, 0.717) is 0 Å². The van der Waals surface area contributed by atoms with Gasteiger partial charge in [-0.3, -0.25) is 4.98 Å². The van der Waals surface area contributed by atoms with Gasteiger partial charge in [-0.05, 0) is 58.3 Å². The summed E-state index contributed by atoms with van der Waals surface area (Å²) in [6.45, 7) is 7.00. The lowest BCUT2D eigenvalue weighted by Crippen LogP contribution is -2.49. The van der Waals surface area contributed by atoms with E-state index in [1.807, 2.05) is 12.3 Å². The van der Waals surface area contributed by atoms with Crippen LogP contribution >= 0.6 is 0 Å². The summed E-state index contributed by atoms with van der Waals surface area (Å²) in [7, 11) is -1.70. The molecule has 0 radical (unpaired) electrons. The molecule has 6 rings (SSSR count). The van der Waals surface area contributed by atoms with Crippen LogP contribution in [-0.2, 0) is 0 Å². The summed E-state index contributed by atoms with van der Waals surface area (Å²) in [6.07, 6.45) is 1.87. The number of rotatable bonds is 1. The molecular weight excluding hydrogens is 370 g/mol. The smallest absolute Gasteiger partial charge is 0.144 e. The fraction of sp³-hybridized carbons (Fsp3) is 0.115. The summed E-state index contributed by atoms with van der Waals surface area (Å²) >= 11 is 0. The Hall–Kier alpha value is -3.17. The molecule has 140 valence electrons. The molecule has 0 amide bonds. The van der Waals surface area contributed by atoms with Crippen LogP contribution in [0.3, 0.4) is 0 Å². The van der Waals surface area contributed by atoms with Crippen LogP contribution in [0.1, 0.15) is 5.56 Å². The van der Waals surface area contributed by atoms with Crippen LogP contribution in [0, 0.1) is 6.92 Å². The van der Waals surface area contributed by atoms with Gasteiger partial charge in [-0.15, -0.1) is 0 Å². The summed E-state index contributed by atoms with van der Waals surface area (Å²) in [6, 6.07) is 24.1. The van der Waals surface area contributed by atoms with Gasteiger partial charge in [-0.25, -0.2) is 0 Å². The third-order valence-electron chi connectivity index (χ3n) is 6.39. The number of pyridine rings is 1. The first-order chi connectivity index (χ1) is 14.0. The molecular formula is C26H21NOSi. The minimum absolute atomic E-state index is 0.928. The molecule has 0 bridgehead atoms. The summed E-state index contributed by atoms with van der Waals surface area (Å²) in [5.41, 5.74) is 7.83. The minimum Gasteiger partial charge on any atom is -0.455 e. The van der Waals surface area contributed by atoms with Crippen LogP contribution in [0.4, 0.5) is 0 Å². The molecule has 29 heavy (non-hydrogen) atoms. The molecule has 3 heterocycles. The van der Waals surface area contributed by atoms with Gasteiger partial charge < -0.3 is 4.42 Å². The molecule has 0 fully saturated rings. The van der Waals surface area contributed by atoms with E-state index in [2.05, 4.69) is 85.7 Å². The van der Waals surface area contributed by atoms with Crippen molar-refractivity contribution in [2.24, 2.45) is 0 Å². The maximum atomic E-state index is 6.46. The number of nitrogens with zero attached hydrogens (tertiary/aromatic N) is 1. The summed E-state index contributed by atoms with van der Waals surface area (Å²) in [5.74, 6) is 0. The lowest BCUT2D eigenvalue weighted by Gasteiger charge is -2.18. The molecule has 2 aromatic heterocycles. The zero-order valence-corrected chi connectivity index (χ0v) is 17.8. The van der Waals surface area contributed by atoms with E-state index in [1.165, 1.54) is 37.8 Å². The van der Waals surface area contributed by atoms with E-state index in [4.69, 9.17) is 4.42 Å². The van der Waals surface area contributed by atoms with E-state index in [-0.39, 0.29) is 0 Å². The Balaban J connectivity index is 1.67. The van der Waals surface area contributed by atoms with Gasteiger partial charge in [0.15, 0.2) is 0 Å². The maximum absolute atomic E-state index is 6.46. The van der Waals surface area contributed by atoms with Crippen LogP contribution in [-0.4, -0.2) is 13.1 Å². The molecule has 5 aromatic rings. The highest BCUT2D eigenvalue weighted by atomic mass is 28.3. The largest absolute Gasteiger partial charge is 0.455 e. The molecule has 3 aromatic carbocycles. The topological polar surface area (TPSA) is 26.0 Å². The second-order valence-electron chi connectivity index (χ2n) is 8.57. The van der Waals surface area contributed by atoms with Gasteiger partial charge in [-0.2, -0.15) is 0 Å². The molecule has 3 heteroatoms. The lowest BCUT2D eigenvalue weighted by molar-refractivity contribution is 0.670. The fourth-order valence-corrected chi connectivity index (χ4v) is 7.96. The SMILES string of the molecule is Cc1ccnc(-c2cccc3c2oc2cc4c(cc23)[Si](C)(C)c2ccccc2-4)c1. The van der Waals surface area contributed by atoms with Crippen LogP contribution in [0.15, 0.2) is 77.3 Å². The highest BCUT2D eigenvalue weighted by Gasteiger charge is 2.37. The summed E-state index contributed by atoms with van der Waals surface area (Å²) < 4.78 is 6.46. The Bertz CT molecular complexity index is 1440. The number of fused-ring (bicyclic) bond motifs is 6. The van der Waals surface area contributed by atoms with Gasteiger partial charge in [0.25, 0.3) is 0 Å². The van der Waals surface area contributed by atoms with E-state index >= 15 is 0 Å². The van der Waals surface area contributed by atoms with Crippen molar-refractivity contribution in [3.05, 3.63) is 78.5 Å². The number of hydrogen-bond acceptors (Lipinski definition) is 2. The third kappa shape index (κ3) is 2.25. The van der Waals surface area contributed by atoms with E-state index < -0.39 is 8.07 Å². The average Bonchev–Trinajstić information content (AvgIpc) is 3.20. The van der Waals surface area contributed by atoms with Crippen molar-refractivity contribution >= 4 is 40.4 Å². The second kappa shape index (κ2) is 5.68. The molecule has 0 N–H and O–H groups in total. The highest BCUT2D eigenvalue weighted by Crippen LogP contribution is 2.38. The normalized spacial score (nSPS) is 14.3. The molecule has 1 aliphatic rings. The average molecular weight is 392 g/mol. The van der Waals surface area contributed by atoms with Gasteiger partial charge >= 0.3 is 0 Å². The second-order valence-corrected chi connectivity index (χ2v) is 12.9. The van der Waals surface area contributed by atoms with Crippen molar-refractivity contribution in [2.75, 3.05) is 0 Å². The lowest BCUT2D eigenvalue weighted by atomic mass is 10.0. The maximum Gasteiger partial charge on any atom is 0.144 e. The molecule has 2 nitrogen and oxygen atoms in total. The number of furan rings is 1. The Morgan fingerprint density at radius 3 is 2.45 bits per heavy atom. The predicted molar refractivity (Wildman–Crippen MR) is 124 cm³/mol. The minimum atomic E-state index is -1.70. The zero-order valence-electron chi connectivity index (χ0n) is 16.8. The van der Waals surface area contributed by atoms with E-state index in [1.54, 1.807) is 0 Å². The standard InChI is InChI=1S/C26H21NOSi/c1-16-11-12-27-22(13-16)19-9-6-8-18-20-15-25-21(14-23(20)28-26(18)19)17-7-4-5-10-24(17)29(25,2)3/h4-15H,1-3H3. The molecule has 1 aliphatic heterocycles. The van der Waals surface area contributed by atoms with Crippen LogP contribution in [0.5, 0.6) is 0 Å². The van der Waals surface area contributed by atoms with Gasteiger partial charge in [0.2, 0.25) is 0 Å². The predicted octanol–water partition coefficient (Wildman–Crippen LogP) is 5.76. The van der Waals surface area contributed by atoms with Gasteiger partial charge in [-0.1, -0.05) is 55.6 Å². The third-order valence-corrected chi connectivity index (χ3v) is 9.94. The number of aromatic nitrogens is 1. The summed E-state index contributed by atoms with van der Waals surface area (Å²) in [5, 5.41) is 5.41. The molecule has 0 unspecified atom stereocenters. The first kappa shape index (κ1) is 16.8. The molecule has 0 spiro atoms. The van der Waals surface area contributed by atoms with Crippen molar-refractivity contribution in [3.63, 3.8) is 0 Å². The van der Waals surface area contributed by atoms with Gasteiger partial charge in [0, 0.05) is 22.5 Å². The van der Waals surface area contributed by atoms with Crippen LogP contribution in [0.25, 0.3) is 44.3 Å². The Morgan fingerprint density at radius 2 is 1.59 bits per heavy atom. The van der Waals surface area contributed by atoms with Gasteiger partial charge in [0.1, 0.15) is 19.2 Å². The van der Waals surface area contributed by atoms with Crippen molar-refractivity contribution in [2.45, 2.75) is 20.0 Å². The fourth-order valence-electron chi connectivity index (χ4n) is 4.88. The van der Waals surface area contributed by atoms with Crippen LogP contribution < -0.4 is 10.4 Å².